The van der Waals surface area contributed by atoms with Gasteiger partial charge in [-0.25, -0.2) is 4.98 Å². The summed E-state index contributed by atoms with van der Waals surface area (Å²) in [4.78, 5) is 39.2. The third kappa shape index (κ3) is 4.28. The molecule has 31 heavy (non-hydrogen) atoms. The number of aromatic nitrogens is 1. The summed E-state index contributed by atoms with van der Waals surface area (Å²) in [6, 6.07) is -0.325. The number of amides is 1. The molecule has 1 aromatic heterocycles. The summed E-state index contributed by atoms with van der Waals surface area (Å²) < 4.78 is 0. The number of aliphatic carboxylic acids is 1. The third-order valence-electron chi connectivity index (χ3n) is 5.85. The van der Waals surface area contributed by atoms with Crippen LogP contribution >= 0.6 is 23.1 Å². The molecule has 1 aromatic rings. The number of thioether (sulfide) groups is 1. The molecule has 3 aliphatic heterocycles. The number of fused-ring (bicyclic) bond motifs is 1. The molecule has 0 saturated carbocycles. The van der Waals surface area contributed by atoms with E-state index in [0.717, 1.165) is 5.96 Å². The molecule has 0 radical (unpaired) electrons. The van der Waals surface area contributed by atoms with Crippen LogP contribution < -0.4 is 34.7 Å². The second-order valence-electron chi connectivity index (χ2n) is 7.98. The van der Waals surface area contributed by atoms with Gasteiger partial charge in [-0.2, -0.15) is 4.99 Å². The standard InChI is InChI=1S/C19H25N5O4S2.Na/c1-9-13-12(10(2)25)16(26)24(13)14(17(27)28)15(9)30-11-7-22(3)19(23(4)8-11)21-18-20-5-6-29-18;/h5-6,9-13,25H,7-8H2,1-4H3,(H,27,28);/q;+1/p-1/t9-,10-,11?,12-,13-;/m1./s1. The monoisotopic (exact) mass is 473 g/mol. The first-order valence-corrected chi connectivity index (χ1v) is 11.5. The van der Waals surface area contributed by atoms with E-state index in [4.69, 9.17) is 0 Å². The Bertz CT molecular complexity index is 908. The molecule has 1 amide bonds. The van der Waals surface area contributed by atoms with Crippen LogP contribution in [0.15, 0.2) is 27.2 Å². The summed E-state index contributed by atoms with van der Waals surface area (Å²) in [6.07, 6.45) is 0.900. The molecule has 0 aromatic carbocycles. The van der Waals surface area contributed by atoms with Crippen molar-refractivity contribution in [1.29, 1.82) is 0 Å². The van der Waals surface area contributed by atoms with Gasteiger partial charge in [0.25, 0.3) is 0 Å². The van der Waals surface area contributed by atoms with Crippen LogP contribution in [0.5, 0.6) is 0 Å². The van der Waals surface area contributed by atoms with E-state index in [1.54, 1.807) is 13.1 Å². The topological polar surface area (TPSA) is 112 Å². The van der Waals surface area contributed by atoms with Gasteiger partial charge in [0.2, 0.25) is 17.0 Å². The molecule has 0 spiro atoms. The van der Waals surface area contributed by atoms with E-state index < -0.39 is 18.0 Å². The van der Waals surface area contributed by atoms with Crippen molar-refractivity contribution in [2.75, 3.05) is 27.2 Å². The molecule has 4 rings (SSSR count). The largest absolute Gasteiger partial charge is 1.00 e. The number of aliphatic imine (C=N–C) groups is 1. The number of carboxylic acids is 1. The summed E-state index contributed by atoms with van der Waals surface area (Å²) in [5.74, 6) is -1.61. The number of guanidine groups is 1. The van der Waals surface area contributed by atoms with Gasteiger partial charge in [0.05, 0.1) is 29.7 Å². The summed E-state index contributed by atoms with van der Waals surface area (Å²) >= 11 is 2.95. The minimum Gasteiger partial charge on any atom is -0.543 e. The first kappa shape index (κ1) is 24.5. The predicted octanol–water partition coefficient (Wildman–Crippen LogP) is -3.07. The van der Waals surface area contributed by atoms with Crippen LogP contribution in [-0.4, -0.2) is 87.2 Å². The van der Waals surface area contributed by atoms with E-state index in [0.29, 0.717) is 23.1 Å². The zero-order valence-corrected chi connectivity index (χ0v) is 21.8. The summed E-state index contributed by atoms with van der Waals surface area (Å²) in [7, 11) is 3.89. The van der Waals surface area contributed by atoms with Gasteiger partial charge in [0.15, 0.2) is 0 Å². The first-order chi connectivity index (χ1) is 14.2. The van der Waals surface area contributed by atoms with Gasteiger partial charge in [-0.15, -0.1) is 23.1 Å². The maximum absolute atomic E-state index is 12.5. The molecule has 0 unspecified atom stereocenters. The molecular formula is C19H24N5NaO4S2. The van der Waals surface area contributed by atoms with Crippen molar-refractivity contribution in [3.63, 3.8) is 0 Å². The van der Waals surface area contributed by atoms with Crippen molar-refractivity contribution in [2.24, 2.45) is 16.8 Å². The number of hydrogen-bond acceptors (Lipinski definition) is 8. The normalized spacial score (nSPS) is 28.9. The molecule has 1 N–H and O–H groups in total. The molecule has 2 saturated heterocycles. The predicted molar refractivity (Wildman–Crippen MR) is 113 cm³/mol. The smallest absolute Gasteiger partial charge is 0.543 e. The Kier molecular flexibility index (Phi) is 7.44. The van der Waals surface area contributed by atoms with Gasteiger partial charge in [-0.05, 0) is 6.92 Å². The Hall–Kier alpha value is -1.11. The van der Waals surface area contributed by atoms with E-state index >= 15 is 0 Å². The van der Waals surface area contributed by atoms with E-state index in [1.807, 2.05) is 36.2 Å². The number of carboxylic acid groups (broad SMARTS) is 1. The number of carbonyl (C=O) groups excluding carboxylic acids is 2. The average molecular weight is 474 g/mol. The number of hydrogen-bond donors (Lipinski definition) is 1. The zero-order valence-electron chi connectivity index (χ0n) is 18.2. The van der Waals surface area contributed by atoms with Crippen molar-refractivity contribution >= 4 is 46.1 Å². The van der Waals surface area contributed by atoms with E-state index in [2.05, 4.69) is 9.98 Å². The van der Waals surface area contributed by atoms with Crippen molar-refractivity contribution in [3.05, 3.63) is 22.2 Å². The first-order valence-electron chi connectivity index (χ1n) is 9.74. The molecule has 2 fully saturated rings. The van der Waals surface area contributed by atoms with Gasteiger partial charge in [-0.3, -0.25) is 4.79 Å². The molecule has 0 bridgehead atoms. The van der Waals surface area contributed by atoms with Gasteiger partial charge >= 0.3 is 29.6 Å². The molecule has 4 heterocycles. The Labute approximate surface area is 211 Å². The van der Waals surface area contributed by atoms with Crippen LogP contribution in [0.3, 0.4) is 0 Å². The fraction of sp³-hybridized carbons (Fsp3) is 0.579. The molecule has 162 valence electrons. The third-order valence-corrected chi connectivity index (χ3v) is 7.96. The second-order valence-corrected chi connectivity index (χ2v) is 10.2. The molecule has 0 aliphatic carbocycles. The Balaban J connectivity index is 0.00000272. The number of β-lactam (4-membered cyclic amide) rings is 1. The van der Waals surface area contributed by atoms with E-state index in [-0.39, 0.29) is 58.4 Å². The minimum atomic E-state index is -1.34. The molecular weight excluding hydrogens is 449 g/mol. The number of aliphatic hydroxyl groups excluding tert-OH is 1. The zero-order chi connectivity index (χ0) is 21.7. The number of aliphatic hydroxyl groups is 1. The van der Waals surface area contributed by atoms with Crippen molar-refractivity contribution in [3.8, 4) is 0 Å². The fourth-order valence-electron chi connectivity index (χ4n) is 4.57. The molecule has 4 atom stereocenters. The molecule has 12 heteroatoms. The second kappa shape index (κ2) is 9.40. The Morgan fingerprint density at radius 2 is 2.03 bits per heavy atom. The van der Waals surface area contributed by atoms with Crippen LogP contribution in [0.4, 0.5) is 5.13 Å². The average Bonchev–Trinajstić information content (AvgIpc) is 3.24. The number of rotatable bonds is 5. The SMILES string of the molecule is C[C@@H](O)[C@H]1C(=O)N2C(C(=O)[O-])=C(SC3CN(C)C(=Nc4nccs4)N(C)C3)[C@H](C)[C@H]12.[Na+]. The quantitative estimate of drug-likeness (QED) is 0.354. The van der Waals surface area contributed by atoms with Crippen molar-refractivity contribution < 1.29 is 49.4 Å². The number of thiazole rings is 1. The van der Waals surface area contributed by atoms with Crippen LogP contribution in [0.2, 0.25) is 0 Å². The maximum Gasteiger partial charge on any atom is 1.00 e. The summed E-state index contributed by atoms with van der Waals surface area (Å²) in [6.45, 7) is 4.84. The Morgan fingerprint density at radius 3 is 2.55 bits per heavy atom. The van der Waals surface area contributed by atoms with Crippen molar-refractivity contribution in [2.45, 2.75) is 31.2 Å². The van der Waals surface area contributed by atoms with Crippen molar-refractivity contribution in [1.82, 2.24) is 19.7 Å². The molecule has 9 nitrogen and oxygen atoms in total. The Morgan fingerprint density at radius 1 is 1.39 bits per heavy atom. The minimum absolute atomic E-state index is 0. The van der Waals surface area contributed by atoms with E-state index in [9.17, 15) is 19.8 Å². The van der Waals surface area contributed by atoms with Crippen LogP contribution in [-0.2, 0) is 9.59 Å². The van der Waals surface area contributed by atoms with E-state index in [1.165, 1.54) is 28.0 Å². The van der Waals surface area contributed by atoms with Crippen LogP contribution in [0.1, 0.15) is 13.8 Å². The summed E-state index contributed by atoms with van der Waals surface area (Å²) in [5, 5.41) is 24.5. The van der Waals surface area contributed by atoms with Gasteiger partial charge in [-0.1, -0.05) is 6.92 Å². The summed E-state index contributed by atoms with van der Waals surface area (Å²) in [5.41, 5.74) is -0.0352. The molecule has 3 aliphatic rings. The van der Waals surface area contributed by atoms with Crippen LogP contribution in [0.25, 0.3) is 0 Å². The maximum atomic E-state index is 12.5. The van der Waals surface area contributed by atoms with Crippen LogP contribution in [0, 0.1) is 11.8 Å². The van der Waals surface area contributed by atoms with Gasteiger partial charge < -0.3 is 29.7 Å². The number of carbonyl (C=O) groups is 2. The van der Waals surface area contributed by atoms with Gasteiger partial charge in [0.1, 0.15) is 0 Å². The van der Waals surface area contributed by atoms with Gasteiger partial charge in [0, 0.05) is 54.8 Å². The fourth-order valence-corrected chi connectivity index (χ4v) is 6.68. The number of nitrogens with zero attached hydrogens (tertiary/aromatic N) is 5.